The van der Waals surface area contributed by atoms with E-state index in [1.165, 1.54) is 0 Å². The van der Waals surface area contributed by atoms with Crippen molar-refractivity contribution in [1.29, 1.82) is 0 Å². The van der Waals surface area contributed by atoms with Crippen LogP contribution in [0.25, 0.3) is 0 Å². The number of nitrogens with two attached hydrogens (primary N) is 1. The maximum absolute atomic E-state index is 12.1. The Balaban J connectivity index is 0.00000192. The van der Waals surface area contributed by atoms with Crippen molar-refractivity contribution in [2.24, 2.45) is 5.73 Å². The second kappa shape index (κ2) is 7.19. The molecule has 1 aromatic rings. The Kier molecular flexibility index (Phi) is 5.49. The first-order valence-electron chi connectivity index (χ1n) is 7.79. The maximum atomic E-state index is 12.1. The number of hydrogen-bond acceptors (Lipinski definition) is 3. The van der Waals surface area contributed by atoms with Gasteiger partial charge in [-0.25, -0.2) is 4.79 Å². The van der Waals surface area contributed by atoms with Crippen LogP contribution in [-0.2, 0) is 11.3 Å². The van der Waals surface area contributed by atoms with E-state index in [4.69, 9.17) is 5.73 Å². The summed E-state index contributed by atoms with van der Waals surface area (Å²) < 4.78 is 0. The molecule has 1 saturated carbocycles. The van der Waals surface area contributed by atoms with Crippen LogP contribution in [0.15, 0.2) is 24.3 Å². The first-order chi connectivity index (χ1) is 10.6. The lowest BCUT2D eigenvalue weighted by Crippen LogP contribution is -2.42. The number of halogens is 1. The van der Waals surface area contributed by atoms with Gasteiger partial charge in [-0.15, -0.1) is 12.4 Å². The molecule has 1 aliphatic carbocycles. The summed E-state index contributed by atoms with van der Waals surface area (Å²) in [6.45, 7) is 2.06. The molecule has 6 nitrogen and oxygen atoms in total. The standard InChI is InChI=1S/C16H22N4O2.ClH/c17-16(6-7-16)14(21)18-11-12-4-3-5-13(10-12)19-15(22)20-8-1-2-9-20;/h3-5,10H,1-2,6-9,11,17H2,(H,18,21)(H,19,22);1H. The van der Waals surface area contributed by atoms with Crippen LogP contribution in [0.5, 0.6) is 0 Å². The second-order valence-corrected chi connectivity index (χ2v) is 6.16. The Morgan fingerprint density at radius 2 is 1.91 bits per heavy atom. The largest absolute Gasteiger partial charge is 0.350 e. The summed E-state index contributed by atoms with van der Waals surface area (Å²) in [5.74, 6) is -0.0981. The fourth-order valence-corrected chi connectivity index (χ4v) is 2.60. The van der Waals surface area contributed by atoms with Gasteiger partial charge in [0.2, 0.25) is 5.91 Å². The lowest BCUT2D eigenvalue weighted by atomic mass is 10.2. The molecule has 23 heavy (non-hydrogen) atoms. The van der Waals surface area contributed by atoms with Crippen molar-refractivity contribution < 1.29 is 9.59 Å². The molecule has 0 atom stereocenters. The quantitative estimate of drug-likeness (QED) is 0.782. The minimum absolute atomic E-state index is 0. The van der Waals surface area contributed by atoms with Crippen LogP contribution >= 0.6 is 12.4 Å². The minimum atomic E-state index is -0.651. The lowest BCUT2D eigenvalue weighted by molar-refractivity contribution is -0.123. The summed E-state index contributed by atoms with van der Waals surface area (Å²) in [4.78, 5) is 25.7. The summed E-state index contributed by atoms with van der Waals surface area (Å²) in [7, 11) is 0. The van der Waals surface area contributed by atoms with Crippen molar-refractivity contribution in [3.8, 4) is 0 Å². The van der Waals surface area contributed by atoms with Gasteiger partial charge >= 0.3 is 6.03 Å². The van der Waals surface area contributed by atoms with Crippen LogP contribution in [0.4, 0.5) is 10.5 Å². The maximum Gasteiger partial charge on any atom is 0.321 e. The van der Waals surface area contributed by atoms with Crippen molar-refractivity contribution >= 4 is 30.0 Å². The van der Waals surface area contributed by atoms with Gasteiger partial charge in [0.05, 0.1) is 5.54 Å². The number of amides is 3. The third kappa shape index (κ3) is 4.36. The zero-order chi connectivity index (χ0) is 15.6. The Hall–Kier alpha value is -1.79. The lowest BCUT2D eigenvalue weighted by Gasteiger charge is -2.16. The molecular formula is C16H23ClN4O2. The van der Waals surface area contributed by atoms with Crippen LogP contribution in [-0.4, -0.2) is 35.5 Å². The predicted molar refractivity (Wildman–Crippen MR) is 91.5 cm³/mol. The van der Waals surface area contributed by atoms with Crippen molar-refractivity contribution in [1.82, 2.24) is 10.2 Å². The molecule has 0 bridgehead atoms. The van der Waals surface area contributed by atoms with Crippen LogP contribution in [0.2, 0.25) is 0 Å². The van der Waals surface area contributed by atoms with E-state index < -0.39 is 5.54 Å². The molecule has 2 aliphatic rings. The number of carbonyl (C=O) groups is 2. The van der Waals surface area contributed by atoms with E-state index in [0.29, 0.717) is 6.54 Å². The van der Waals surface area contributed by atoms with Gasteiger partial charge in [-0.2, -0.15) is 0 Å². The van der Waals surface area contributed by atoms with Crippen molar-refractivity contribution in [2.75, 3.05) is 18.4 Å². The summed E-state index contributed by atoms with van der Waals surface area (Å²) in [6, 6.07) is 7.46. The highest BCUT2D eigenvalue weighted by atomic mass is 35.5. The number of anilines is 1. The topological polar surface area (TPSA) is 87.5 Å². The summed E-state index contributed by atoms with van der Waals surface area (Å²) in [5, 5.41) is 5.75. The van der Waals surface area contributed by atoms with Crippen LogP contribution in [0.1, 0.15) is 31.2 Å². The fourth-order valence-electron chi connectivity index (χ4n) is 2.60. The Morgan fingerprint density at radius 1 is 1.22 bits per heavy atom. The molecule has 2 fully saturated rings. The second-order valence-electron chi connectivity index (χ2n) is 6.16. The SMILES string of the molecule is Cl.NC1(C(=O)NCc2cccc(NC(=O)N3CCCC3)c2)CC1. The van der Waals surface area contributed by atoms with Crippen LogP contribution in [0.3, 0.4) is 0 Å². The van der Waals surface area contributed by atoms with Crippen molar-refractivity contribution in [2.45, 2.75) is 37.8 Å². The van der Waals surface area contributed by atoms with E-state index in [0.717, 1.165) is 50.0 Å². The highest BCUT2D eigenvalue weighted by molar-refractivity contribution is 5.90. The van der Waals surface area contributed by atoms with Crippen molar-refractivity contribution in [3.63, 3.8) is 0 Å². The molecule has 126 valence electrons. The Bertz CT molecular complexity index is 583. The predicted octanol–water partition coefficient (Wildman–Crippen LogP) is 1.84. The number of carbonyl (C=O) groups excluding carboxylic acids is 2. The van der Waals surface area contributed by atoms with Gasteiger partial charge in [0.1, 0.15) is 0 Å². The summed E-state index contributed by atoms with van der Waals surface area (Å²) >= 11 is 0. The first kappa shape index (κ1) is 17.6. The van der Waals surface area contributed by atoms with E-state index in [1.807, 2.05) is 29.2 Å². The van der Waals surface area contributed by atoms with E-state index in [-0.39, 0.29) is 24.3 Å². The van der Waals surface area contributed by atoms with E-state index in [9.17, 15) is 9.59 Å². The summed E-state index contributed by atoms with van der Waals surface area (Å²) in [5.41, 5.74) is 6.88. The van der Waals surface area contributed by atoms with E-state index >= 15 is 0 Å². The van der Waals surface area contributed by atoms with Crippen LogP contribution in [0, 0.1) is 0 Å². The van der Waals surface area contributed by atoms with Gasteiger partial charge in [-0.1, -0.05) is 12.1 Å². The van der Waals surface area contributed by atoms with Gasteiger partial charge in [0, 0.05) is 25.3 Å². The molecule has 0 spiro atoms. The zero-order valence-electron chi connectivity index (χ0n) is 13.0. The van der Waals surface area contributed by atoms with Gasteiger partial charge < -0.3 is 21.3 Å². The number of likely N-dealkylation sites (tertiary alicyclic amines) is 1. The van der Waals surface area contributed by atoms with E-state index in [2.05, 4.69) is 10.6 Å². The highest BCUT2D eigenvalue weighted by Crippen LogP contribution is 2.32. The molecule has 3 rings (SSSR count). The van der Waals surface area contributed by atoms with Gasteiger partial charge in [-0.05, 0) is 43.4 Å². The zero-order valence-corrected chi connectivity index (χ0v) is 13.8. The number of nitrogens with zero attached hydrogens (tertiary/aromatic N) is 1. The third-order valence-corrected chi connectivity index (χ3v) is 4.27. The Labute approximate surface area is 142 Å². The fraction of sp³-hybridized carbons (Fsp3) is 0.500. The van der Waals surface area contributed by atoms with Gasteiger partial charge in [-0.3, -0.25) is 4.79 Å². The number of rotatable bonds is 4. The van der Waals surface area contributed by atoms with Crippen LogP contribution < -0.4 is 16.4 Å². The summed E-state index contributed by atoms with van der Waals surface area (Å²) in [6.07, 6.45) is 3.65. The Morgan fingerprint density at radius 3 is 2.57 bits per heavy atom. The molecule has 1 heterocycles. The highest BCUT2D eigenvalue weighted by Gasteiger charge is 2.45. The number of nitrogens with one attached hydrogen (secondary N) is 2. The average molecular weight is 339 g/mol. The monoisotopic (exact) mass is 338 g/mol. The molecule has 1 aromatic carbocycles. The number of urea groups is 1. The molecule has 0 radical (unpaired) electrons. The molecule has 1 saturated heterocycles. The molecule has 0 aromatic heterocycles. The molecule has 1 aliphatic heterocycles. The normalized spacial score (nSPS) is 18.0. The average Bonchev–Trinajstić information content (AvgIpc) is 3.05. The first-order valence-corrected chi connectivity index (χ1v) is 7.79. The molecule has 0 unspecified atom stereocenters. The van der Waals surface area contributed by atoms with Gasteiger partial charge in [0.25, 0.3) is 0 Å². The molecule has 7 heteroatoms. The third-order valence-electron chi connectivity index (χ3n) is 4.27. The smallest absolute Gasteiger partial charge is 0.321 e. The number of hydrogen-bond donors (Lipinski definition) is 3. The van der Waals surface area contributed by atoms with Crippen molar-refractivity contribution in [3.05, 3.63) is 29.8 Å². The minimum Gasteiger partial charge on any atom is -0.350 e. The molecule has 4 N–H and O–H groups in total. The molecular weight excluding hydrogens is 316 g/mol. The molecule has 3 amide bonds. The number of benzene rings is 1. The van der Waals surface area contributed by atoms with Gasteiger partial charge in [0.15, 0.2) is 0 Å². The van der Waals surface area contributed by atoms with E-state index in [1.54, 1.807) is 0 Å².